The molecule has 7 aromatic rings. The van der Waals surface area contributed by atoms with E-state index in [2.05, 4.69) is 195 Å². The van der Waals surface area contributed by atoms with E-state index in [-0.39, 0.29) is 5.41 Å². The number of anilines is 3. The van der Waals surface area contributed by atoms with Gasteiger partial charge in [0.1, 0.15) is 0 Å². The lowest BCUT2D eigenvalue weighted by atomic mass is 9.81. The molecule has 0 saturated carbocycles. The molecule has 7 aromatic carbocycles. The third kappa shape index (κ3) is 4.55. The van der Waals surface area contributed by atoms with Crippen LogP contribution in [0.4, 0.5) is 17.1 Å². The predicted molar refractivity (Wildman–Crippen MR) is 195 cm³/mol. The van der Waals surface area contributed by atoms with Crippen LogP contribution in [0.1, 0.15) is 25.0 Å². The summed E-state index contributed by atoms with van der Waals surface area (Å²) in [5, 5.41) is 0. The lowest BCUT2D eigenvalue weighted by molar-refractivity contribution is 0.661. The van der Waals surface area contributed by atoms with Gasteiger partial charge in [-0.25, -0.2) is 0 Å². The number of rotatable bonds is 6. The minimum atomic E-state index is -0.172. The first-order valence-corrected chi connectivity index (χ1v) is 16.0. The molecule has 0 bridgehead atoms. The Kier molecular flexibility index (Phi) is 6.88. The summed E-state index contributed by atoms with van der Waals surface area (Å²) < 4.78 is 0. The second kappa shape index (κ2) is 11.4. The van der Waals surface area contributed by atoms with E-state index in [9.17, 15) is 0 Å². The summed E-state index contributed by atoms with van der Waals surface area (Å²) in [7, 11) is 0. The van der Waals surface area contributed by atoms with Crippen molar-refractivity contribution in [1.82, 2.24) is 0 Å². The fourth-order valence-electron chi connectivity index (χ4n) is 7.43. The van der Waals surface area contributed by atoms with Gasteiger partial charge in [0.25, 0.3) is 0 Å². The average Bonchev–Trinajstić information content (AvgIpc) is 3.36. The van der Waals surface area contributed by atoms with Crippen molar-refractivity contribution < 1.29 is 0 Å². The standard InChI is InChI=1S/C45H35N/c1-45(2)40-29-15-14-25-37(40)39-28-17-31-42(44(39)45)46(34-22-10-5-11-23-34)41-30-16-27-36(33-20-8-4-9-21-33)43(41)38-26-13-12-24-35(38)32-18-6-3-7-19-32/h3-31H,1-2H3. The van der Waals surface area contributed by atoms with E-state index in [0.717, 1.165) is 11.4 Å². The van der Waals surface area contributed by atoms with Crippen LogP contribution in [0.3, 0.4) is 0 Å². The molecule has 1 aliphatic carbocycles. The van der Waals surface area contributed by atoms with Crippen molar-refractivity contribution in [2.45, 2.75) is 19.3 Å². The van der Waals surface area contributed by atoms with Gasteiger partial charge in [0.05, 0.1) is 11.4 Å². The molecule has 0 radical (unpaired) electrons. The number of hydrogen-bond acceptors (Lipinski definition) is 1. The third-order valence-corrected chi connectivity index (χ3v) is 9.46. The van der Waals surface area contributed by atoms with Crippen molar-refractivity contribution in [3.05, 3.63) is 187 Å². The molecule has 1 nitrogen and oxygen atoms in total. The SMILES string of the molecule is CC1(C)c2ccccc2-c2cccc(N(c3ccccc3)c3cccc(-c4ccccc4)c3-c3ccccc3-c3ccccc3)c21. The van der Waals surface area contributed by atoms with E-state index in [0.29, 0.717) is 0 Å². The molecule has 46 heavy (non-hydrogen) atoms. The molecule has 1 aliphatic rings. The van der Waals surface area contributed by atoms with Crippen LogP contribution in [0.15, 0.2) is 176 Å². The highest BCUT2D eigenvalue weighted by molar-refractivity contribution is 6.02. The van der Waals surface area contributed by atoms with Crippen LogP contribution in [0, 0.1) is 0 Å². The summed E-state index contributed by atoms with van der Waals surface area (Å²) in [4.78, 5) is 2.50. The molecule has 0 saturated heterocycles. The summed E-state index contributed by atoms with van der Waals surface area (Å²) in [5.74, 6) is 0. The fourth-order valence-corrected chi connectivity index (χ4v) is 7.43. The number of hydrogen-bond donors (Lipinski definition) is 0. The number of fused-ring (bicyclic) bond motifs is 3. The Morgan fingerprint density at radius 1 is 0.370 bits per heavy atom. The van der Waals surface area contributed by atoms with Gasteiger partial charge < -0.3 is 4.90 Å². The fraction of sp³-hybridized carbons (Fsp3) is 0.0667. The van der Waals surface area contributed by atoms with Crippen LogP contribution in [-0.2, 0) is 5.41 Å². The van der Waals surface area contributed by atoms with Crippen molar-refractivity contribution in [1.29, 1.82) is 0 Å². The quantitative estimate of drug-likeness (QED) is 0.186. The first-order valence-electron chi connectivity index (χ1n) is 16.0. The molecule has 0 atom stereocenters. The van der Waals surface area contributed by atoms with E-state index < -0.39 is 0 Å². The molecule has 1 heteroatoms. The first kappa shape index (κ1) is 27.9. The smallest absolute Gasteiger partial charge is 0.0546 e. The summed E-state index contributed by atoms with van der Waals surface area (Å²) in [6, 6.07) is 63.8. The largest absolute Gasteiger partial charge is 0.310 e. The van der Waals surface area contributed by atoms with Gasteiger partial charge in [-0.05, 0) is 74.3 Å². The van der Waals surface area contributed by atoms with Crippen molar-refractivity contribution in [2.75, 3.05) is 4.90 Å². The lowest BCUT2D eigenvalue weighted by Gasteiger charge is -2.34. The molecule has 0 amide bonds. The highest BCUT2D eigenvalue weighted by Gasteiger charge is 2.39. The Morgan fingerprint density at radius 3 is 1.52 bits per heavy atom. The Hall–Kier alpha value is -5.66. The molecule has 0 heterocycles. The Labute approximate surface area is 272 Å². The molecule has 0 aliphatic heterocycles. The van der Waals surface area contributed by atoms with Gasteiger partial charge in [-0.3, -0.25) is 0 Å². The minimum absolute atomic E-state index is 0.172. The maximum absolute atomic E-state index is 2.50. The van der Waals surface area contributed by atoms with Crippen LogP contribution in [0.25, 0.3) is 44.5 Å². The van der Waals surface area contributed by atoms with Crippen LogP contribution >= 0.6 is 0 Å². The van der Waals surface area contributed by atoms with Gasteiger partial charge in [-0.2, -0.15) is 0 Å². The van der Waals surface area contributed by atoms with E-state index in [4.69, 9.17) is 0 Å². The molecule has 0 spiro atoms. The van der Waals surface area contributed by atoms with Crippen molar-refractivity contribution in [3.63, 3.8) is 0 Å². The molecular formula is C45H35N. The van der Waals surface area contributed by atoms with Gasteiger partial charge in [0, 0.05) is 16.7 Å². The molecule has 8 rings (SSSR count). The number of para-hydroxylation sites is 1. The van der Waals surface area contributed by atoms with Crippen LogP contribution in [0.2, 0.25) is 0 Å². The van der Waals surface area contributed by atoms with Gasteiger partial charge in [-0.15, -0.1) is 0 Å². The summed E-state index contributed by atoms with van der Waals surface area (Å²) in [6.07, 6.45) is 0. The Bertz CT molecular complexity index is 2160. The lowest BCUT2D eigenvalue weighted by Crippen LogP contribution is -2.21. The monoisotopic (exact) mass is 589 g/mol. The van der Waals surface area contributed by atoms with Crippen LogP contribution in [-0.4, -0.2) is 0 Å². The second-order valence-electron chi connectivity index (χ2n) is 12.5. The number of benzene rings is 7. The Balaban J connectivity index is 1.47. The molecular weight excluding hydrogens is 555 g/mol. The maximum atomic E-state index is 2.50. The molecule has 0 aromatic heterocycles. The topological polar surface area (TPSA) is 3.24 Å². The molecule has 0 fully saturated rings. The zero-order valence-electron chi connectivity index (χ0n) is 26.2. The van der Waals surface area contributed by atoms with Gasteiger partial charge in [0.15, 0.2) is 0 Å². The number of nitrogens with zero attached hydrogens (tertiary/aromatic N) is 1. The normalized spacial score (nSPS) is 12.7. The van der Waals surface area contributed by atoms with E-state index in [1.807, 2.05) is 0 Å². The van der Waals surface area contributed by atoms with Crippen molar-refractivity contribution in [3.8, 4) is 44.5 Å². The highest BCUT2D eigenvalue weighted by Crippen LogP contribution is 2.55. The predicted octanol–water partition coefficient (Wildman–Crippen LogP) is 12.5. The Morgan fingerprint density at radius 2 is 0.848 bits per heavy atom. The van der Waals surface area contributed by atoms with Crippen molar-refractivity contribution >= 4 is 17.1 Å². The third-order valence-electron chi connectivity index (χ3n) is 9.46. The molecule has 220 valence electrons. The van der Waals surface area contributed by atoms with Crippen LogP contribution < -0.4 is 4.90 Å². The molecule has 0 unspecified atom stereocenters. The zero-order valence-corrected chi connectivity index (χ0v) is 26.2. The van der Waals surface area contributed by atoms with E-state index >= 15 is 0 Å². The van der Waals surface area contributed by atoms with Gasteiger partial charge >= 0.3 is 0 Å². The average molecular weight is 590 g/mol. The zero-order chi connectivity index (χ0) is 31.1. The van der Waals surface area contributed by atoms with E-state index in [1.165, 1.54) is 61.3 Å². The van der Waals surface area contributed by atoms with Gasteiger partial charge in [-0.1, -0.05) is 166 Å². The summed E-state index contributed by atoms with van der Waals surface area (Å²) in [6.45, 7) is 4.74. The minimum Gasteiger partial charge on any atom is -0.310 e. The van der Waals surface area contributed by atoms with Gasteiger partial charge in [0.2, 0.25) is 0 Å². The van der Waals surface area contributed by atoms with E-state index in [1.54, 1.807) is 0 Å². The van der Waals surface area contributed by atoms with Crippen LogP contribution in [0.5, 0.6) is 0 Å². The first-order chi connectivity index (χ1) is 22.6. The summed E-state index contributed by atoms with van der Waals surface area (Å²) >= 11 is 0. The summed E-state index contributed by atoms with van der Waals surface area (Å²) in [5.41, 5.74) is 15.9. The molecule has 0 N–H and O–H groups in total. The second-order valence-corrected chi connectivity index (χ2v) is 12.5. The highest BCUT2D eigenvalue weighted by atomic mass is 15.1. The van der Waals surface area contributed by atoms with Crippen molar-refractivity contribution in [2.24, 2.45) is 0 Å². The maximum Gasteiger partial charge on any atom is 0.0546 e.